The van der Waals surface area contributed by atoms with Crippen LogP contribution in [0.25, 0.3) is 0 Å². The van der Waals surface area contributed by atoms with Gasteiger partial charge in [-0.25, -0.2) is 13.6 Å². The van der Waals surface area contributed by atoms with Gasteiger partial charge in [0.2, 0.25) is 0 Å². The molecule has 0 fully saturated rings. The second-order valence-corrected chi connectivity index (χ2v) is 3.87. The maximum absolute atomic E-state index is 13.7. The van der Waals surface area contributed by atoms with Crippen LogP contribution in [-0.2, 0) is 4.74 Å². The second kappa shape index (κ2) is 7.37. The molecule has 1 aromatic carbocycles. The summed E-state index contributed by atoms with van der Waals surface area (Å²) in [6, 6.07) is 2.50. The summed E-state index contributed by atoms with van der Waals surface area (Å²) in [7, 11) is 1.11. The molecule has 0 atom stereocenters. The Labute approximate surface area is 111 Å². The molecule has 0 heterocycles. The second-order valence-electron chi connectivity index (χ2n) is 3.87. The number of terminal acetylenes is 1. The fourth-order valence-corrected chi connectivity index (χ4v) is 1.53. The van der Waals surface area contributed by atoms with Crippen molar-refractivity contribution in [2.45, 2.75) is 19.3 Å². The Morgan fingerprint density at radius 3 is 2.74 bits per heavy atom. The van der Waals surface area contributed by atoms with E-state index in [4.69, 9.17) is 6.42 Å². The Morgan fingerprint density at radius 2 is 2.11 bits per heavy atom. The number of rotatable bonds is 6. The summed E-state index contributed by atoms with van der Waals surface area (Å²) >= 11 is 0. The predicted molar refractivity (Wildman–Crippen MR) is 68.9 cm³/mol. The van der Waals surface area contributed by atoms with E-state index in [1.807, 2.05) is 0 Å². The first kappa shape index (κ1) is 15.0. The molecule has 0 spiro atoms. The minimum Gasteiger partial charge on any atom is -0.465 e. The smallest absolute Gasteiger partial charge is 0.340 e. The molecule has 1 rings (SSSR count). The highest BCUT2D eigenvalue weighted by Gasteiger charge is 2.18. The lowest BCUT2D eigenvalue weighted by atomic mass is 10.1. The van der Waals surface area contributed by atoms with Gasteiger partial charge in [0.1, 0.15) is 0 Å². The molecule has 0 amide bonds. The lowest BCUT2D eigenvalue weighted by Crippen LogP contribution is -2.09. The van der Waals surface area contributed by atoms with Gasteiger partial charge in [0.25, 0.3) is 0 Å². The van der Waals surface area contributed by atoms with Crippen LogP contribution >= 0.6 is 0 Å². The first-order chi connectivity index (χ1) is 9.11. The largest absolute Gasteiger partial charge is 0.465 e. The zero-order chi connectivity index (χ0) is 14.3. The Morgan fingerprint density at radius 1 is 1.37 bits per heavy atom. The molecule has 3 nitrogen and oxygen atoms in total. The zero-order valence-electron chi connectivity index (χ0n) is 10.6. The number of ether oxygens (including phenoxy) is 1. The third kappa shape index (κ3) is 3.95. The van der Waals surface area contributed by atoms with Crippen LogP contribution in [-0.4, -0.2) is 19.6 Å². The normalized spacial score (nSPS) is 9.79. The third-order valence-electron chi connectivity index (χ3n) is 2.55. The highest BCUT2D eigenvalue weighted by Crippen LogP contribution is 2.21. The maximum Gasteiger partial charge on any atom is 0.340 e. The Balaban J connectivity index is 2.69. The van der Waals surface area contributed by atoms with Gasteiger partial charge >= 0.3 is 5.97 Å². The molecule has 1 N–H and O–H groups in total. The average molecular weight is 267 g/mol. The third-order valence-corrected chi connectivity index (χ3v) is 2.55. The van der Waals surface area contributed by atoms with Gasteiger partial charge in [0, 0.05) is 13.0 Å². The zero-order valence-corrected chi connectivity index (χ0v) is 10.6. The highest BCUT2D eigenvalue weighted by molar-refractivity contribution is 5.90. The summed E-state index contributed by atoms with van der Waals surface area (Å²) in [5.41, 5.74) is -0.399. The van der Waals surface area contributed by atoms with Gasteiger partial charge in [-0.15, -0.1) is 12.3 Å². The summed E-state index contributed by atoms with van der Waals surface area (Å²) in [6.07, 6.45) is 7.32. The molecule has 19 heavy (non-hydrogen) atoms. The number of nitrogens with one attached hydrogen (secondary N) is 1. The molecule has 0 aliphatic heterocycles. The van der Waals surface area contributed by atoms with Crippen LogP contribution < -0.4 is 5.32 Å². The quantitative estimate of drug-likeness (QED) is 0.489. The fraction of sp³-hybridized carbons (Fsp3) is 0.357. The van der Waals surface area contributed by atoms with Gasteiger partial charge in [-0.05, 0) is 25.0 Å². The van der Waals surface area contributed by atoms with Crippen LogP contribution in [0.2, 0.25) is 0 Å². The van der Waals surface area contributed by atoms with E-state index in [0.717, 1.165) is 20.0 Å². The number of benzene rings is 1. The van der Waals surface area contributed by atoms with Crippen molar-refractivity contribution in [2.24, 2.45) is 0 Å². The molecule has 0 aliphatic carbocycles. The van der Waals surface area contributed by atoms with Crippen molar-refractivity contribution in [1.82, 2.24) is 0 Å². The van der Waals surface area contributed by atoms with Gasteiger partial charge in [-0.3, -0.25) is 0 Å². The SMILES string of the molecule is C#CCCCCNc1ccc(C(=O)OC)c(F)c1F. The molecule has 0 radical (unpaired) electrons. The van der Waals surface area contributed by atoms with Crippen LogP contribution in [0.5, 0.6) is 0 Å². The number of carbonyl (C=O) groups excluding carboxylic acids is 1. The topological polar surface area (TPSA) is 38.3 Å². The van der Waals surface area contributed by atoms with Gasteiger partial charge < -0.3 is 10.1 Å². The summed E-state index contributed by atoms with van der Waals surface area (Å²) in [6.45, 7) is 0.482. The molecule has 0 saturated heterocycles. The van der Waals surface area contributed by atoms with Gasteiger partial charge in [0.15, 0.2) is 11.6 Å². The Hall–Kier alpha value is -2.09. The Kier molecular flexibility index (Phi) is 5.80. The van der Waals surface area contributed by atoms with Gasteiger partial charge in [-0.2, -0.15) is 0 Å². The molecule has 0 bridgehead atoms. The van der Waals surface area contributed by atoms with E-state index in [0.29, 0.717) is 13.0 Å². The molecule has 0 unspecified atom stereocenters. The number of anilines is 1. The minimum atomic E-state index is -1.21. The maximum atomic E-state index is 13.7. The van der Waals surface area contributed by atoms with Crippen molar-refractivity contribution in [2.75, 3.05) is 19.0 Å². The summed E-state index contributed by atoms with van der Waals surface area (Å²) in [4.78, 5) is 11.2. The van der Waals surface area contributed by atoms with E-state index in [1.54, 1.807) is 0 Å². The number of hydrogen-bond donors (Lipinski definition) is 1. The molecular weight excluding hydrogens is 252 g/mol. The first-order valence-electron chi connectivity index (χ1n) is 5.85. The minimum absolute atomic E-state index is 0.0193. The van der Waals surface area contributed by atoms with Crippen LogP contribution in [0.15, 0.2) is 12.1 Å². The summed E-state index contributed by atoms with van der Waals surface area (Å²) < 4.78 is 31.6. The van der Waals surface area contributed by atoms with Crippen LogP contribution in [0.4, 0.5) is 14.5 Å². The summed E-state index contributed by atoms with van der Waals surface area (Å²) in [5, 5.41) is 2.76. The van der Waals surface area contributed by atoms with Crippen LogP contribution in [0.1, 0.15) is 29.6 Å². The van der Waals surface area contributed by atoms with Crippen molar-refractivity contribution in [3.05, 3.63) is 29.3 Å². The van der Waals surface area contributed by atoms with E-state index >= 15 is 0 Å². The van der Waals surface area contributed by atoms with Crippen molar-refractivity contribution >= 4 is 11.7 Å². The number of esters is 1. The van der Waals surface area contributed by atoms with Crippen molar-refractivity contribution < 1.29 is 18.3 Å². The highest BCUT2D eigenvalue weighted by atomic mass is 19.2. The molecule has 102 valence electrons. The molecule has 1 aromatic rings. The lowest BCUT2D eigenvalue weighted by molar-refractivity contribution is 0.0594. The van der Waals surface area contributed by atoms with Gasteiger partial charge in [0.05, 0.1) is 18.4 Å². The monoisotopic (exact) mass is 267 g/mol. The first-order valence-corrected chi connectivity index (χ1v) is 5.85. The number of halogens is 2. The van der Waals surface area contributed by atoms with E-state index in [2.05, 4.69) is 16.0 Å². The van der Waals surface area contributed by atoms with Crippen molar-refractivity contribution in [1.29, 1.82) is 0 Å². The van der Waals surface area contributed by atoms with Crippen LogP contribution in [0.3, 0.4) is 0 Å². The molecule has 5 heteroatoms. The lowest BCUT2D eigenvalue weighted by Gasteiger charge is -2.09. The number of carbonyl (C=O) groups is 1. The van der Waals surface area contributed by atoms with E-state index < -0.39 is 23.2 Å². The van der Waals surface area contributed by atoms with Crippen LogP contribution in [0, 0.1) is 24.0 Å². The van der Waals surface area contributed by atoms with E-state index in [1.165, 1.54) is 12.1 Å². The van der Waals surface area contributed by atoms with E-state index in [-0.39, 0.29) is 5.69 Å². The standard InChI is InChI=1S/C14H15F2NO2/c1-3-4-5-6-9-17-11-8-7-10(14(18)19-2)12(15)13(11)16/h1,7-8,17H,4-6,9H2,2H3. The number of methoxy groups -OCH3 is 1. The predicted octanol–water partition coefficient (Wildman–Crippen LogP) is 2.97. The molecule has 0 saturated carbocycles. The number of unbranched alkanes of at least 4 members (excludes halogenated alkanes) is 2. The van der Waals surface area contributed by atoms with Gasteiger partial charge in [-0.1, -0.05) is 0 Å². The van der Waals surface area contributed by atoms with E-state index in [9.17, 15) is 13.6 Å². The number of hydrogen-bond acceptors (Lipinski definition) is 3. The summed E-state index contributed by atoms with van der Waals surface area (Å²) in [5.74, 6) is -0.697. The molecular formula is C14H15F2NO2. The molecule has 0 aliphatic rings. The van der Waals surface area contributed by atoms with Crippen molar-refractivity contribution in [3.8, 4) is 12.3 Å². The van der Waals surface area contributed by atoms with Crippen molar-refractivity contribution in [3.63, 3.8) is 0 Å². The Bertz CT molecular complexity index is 495. The fourth-order valence-electron chi connectivity index (χ4n) is 1.53. The average Bonchev–Trinajstić information content (AvgIpc) is 2.42. The molecule has 0 aromatic heterocycles.